The van der Waals surface area contributed by atoms with E-state index in [-0.39, 0.29) is 5.84 Å². The maximum absolute atomic E-state index is 7.54. The fraction of sp³-hybridized carbons (Fsp3) is 0.200. The molecule has 0 aliphatic heterocycles. The molecule has 0 spiro atoms. The molecule has 0 amide bonds. The number of nitrogens with zero attached hydrogens (tertiary/aromatic N) is 2. The summed E-state index contributed by atoms with van der Waals surface area (Å²) in [6.45, 7) is 3.96. The van der Waals surface area contributed by atoms with Crippen molar-refractivity contribution < 1.29 is 0 Å². The highest BCUT2D eigenvalue weighted by molar-refractivity contribution is 5.95. The largest absolute Gasteiger partial charge is 0.384 e. The highest BCUT2D eigenvalue weighted by Gasteiger charge is 2.09. The summed E-state index contributed by atoms with van der Waals surface area (Å²) in [6, 6.07) is 11.8. The molecule has 2 rings (SSSR count). The fourth-order valence-electron chi connectivity index (χ4n) is 1.95. The van der Waals surface area contributed by atoms with Crippen LogP contribution in [0, 0.1) is 19.3 Å². The van der Waals surface area contributed by atoms with Gasteiger partial charge in [-0.1, -0.05) is 12.1 Å². The molecule has 4 nitrogen and oxygen atoms in total. The Balaban J connectivity index is 2.43. The average molecular weight is 254 g/mol. The summed E-state index contributed by atoms with van der Waals surface area (Å²) < 4.78 is 0. The van der Waals surface area contributed by atoms with Gasteiger partial charge in [0.15, 0.2) is 0 Å². The summed E-state index contributed by atoms with van der Waals surface area (Å²) in [5.74, 6) is 0.847. The number of amidine groups is 1. The molecule has 2 aromatic rings. The Morgan fingerprint density at radius 2 is 1.95 bits per heavy atom. The third-order valence-corrected chi connectivity index (χ3v) is 2.98. The second kappa shape index (κ2) is 5.10. The number of aryl methyl sites for hydroxylation is 2. The van der Waals surface area contributed by atoms with Crippen molar-refractivity contribution in [1.29, 1.82) is 5.41 Å². The van der Waals surface area contributed by atoms with Crippen LogP contribution in [0.4, 0.5) is 11.5 Å². The van der Waals surface area contributed by atoms with Crippen LogP contribution in [0.1, 0.15) is 16.8 Å². The highest BCUT2D eigenvalue weighted by atomic mass is 15.2. The highest BCUT2D eigenvalue weighted by Crippen LogP contribution is 2.23. The molecule has 0 unspecified atom stereocenters. The summed E-state index contributed by atoms with van der Waals surface area (Å²) >= 11 is 0. The van der Waals surface area contributed by atoms with Crippen LogP contribution >= 0.6 is 0 Å². The molecule has 1 aromatic carbocycles. The van der Waals surface area contributed by atoms with Crippen LogP contribution < -0.4 is 10.6 Å². The first-order chi connectivity index (χ1) is 8.97. The van der Waals surface area contributed by atoms with Gasteiger partial charge in [-0.3, -0.25) is 5.41 Å². The maximum Gasteiger partial charge on any atom is 0.133 e. The number of nitrogens with one attached hydrogen (secondary N) is 1. The zero-order valence-corrected chi connectivity index (χ0v) is 11.4. The number of hydrogen-bond acceptors (Lipinski definition) is 3. The summed E-state index contributed by atoms with van der Waals surface area (Å²) in [5, 5.41) is 7.54. The van der Waals surface area contributed by atoms with Gasteiger partial charge in [0.2, 0.25) is 0 Å². The summed E-state index contributed by atoms with van der Waals surface area (Å²) in [5.41, 5.74) is 9.36. The standard InChI is InChI=1S/C15H18N4/c1-10-5-4-6-13(7-10)19(3)14-9-12(15(16)17)8-11(2)18-14/h4-9H,1-3H3,(H3,16,17). The molecule has 0 saturated heterocycles. The molecule has 3 N–H and O–H groups in total. The Bertz CT molecular complexity index is 619. The van der Waals surface area contributed by atoms with E-state index >= 15 is 0 Å². The van der Waals surface area contributed by atoms with E-state index in [1.165, 1.54) is 5.56 Å². The number of anilines is 2. The summed E-state index contributed by atoms with van der Waals surface area (Å²) in [6.07, 6.45) is 0. The lowest BCUT2D eigenvalue weighted by atomic mass is 10.2. The lowest BCUT2D eigenvalue weighted by molar-refractivity contribution is 1.09. The minimum absolute atomic E-state index is 0.0596. The minimum Gasteiger partial charge on any atom is -0.384 e. The van der Waals surface area contributed by atoms with Gasteiger partial charge in [-0.15, -0.1) is 0 Å². The van der Waals surface area contributed by atoms with Crippen molar-refractivity contribution in [1.82, 2.24) is 4.98 Å². The van der Waals surface area contributed by atoms with Gasteiger partial charge >= 0.3 is 0 Å². The molecule has 98 valence electrons. The Kier molecular flexibility index (Phi) is 3.51. The van der Waals surface area contributed by atoms with Gasteiger partial charge in [-0.2, -0.15) is 0 Å². The van der Waals surface area contributed by atoms with Crippen LogP contribution in [0.3, 0.4) is 0 Å². The average Bonchev–Trinajstić information content (AvgIpc) is 2.37. The van der Waals surface area contributed by atoms with Crippen LogP contribution in [0.5, 0.6) is 0 Å². The van der Waals surface area contributed by atoms with E-state index < -0.39 is 0 Å². The van der Waals surface area contributed by atoms with Crippen LogP contribution in [-0.4, -0.2) is 17.9 Å². The first-order valence-corrected chi connectivity index (χ1v) is 6.11. The SMILES string of the molecule is Cc1cccc(N(C)c2cc(C(=N)N)cc(C)n2)c1. The molecular weight excluding hydrogens is 236 g/mol. The number of aromatic nitrogens is 1. The van der Waals surface area contributed by atoms with Gasteiger partial charge in [0, 0.05) is 24.0 Å². The van der Waals surface area contributed by atoms with Gasteiger partial charge in [0.1, 0.15) is 11.7 Å². The number of hydrogen-bond donors (Lipinski definition) is 2. The van der Waals surface area contributed by atoms with Crippen molar-refractivity contribution in [2.75, 3.05) is 11.9 Å². The van der Waals surface area contributed by atoms with Crippen molar-refractivity contribution in [3.63, 3.8) is 0 Å². The third-order valence-electron chi connectivity index (χ3n) is 2.98. The van der Waals surface area contributed by atoms with Gasteiger partial charge in [-0.25, -0.2) is 4.98 Å². The molecular formula is C15H18N4. The van der Waals surface area contributed by atoms with Gasteiger partial charge in [0.25, 0.3) is 0 Å². The number of benzene rings is 1. The van der Waals surface area contributed by atoms with E-state index in [1.54, 1.807) is 0 Å². The second-order valence-electron chi connectivity index (χ2n) is 4.67. The maximum atomic E-state index is 7.54. The number of nitrogens with two attached hydrogens (primary N) is 1. The normalized spacial score (nSPS) is 10.3. The van der Waals surface area contributed by atoms with E-state index in [0.717, 1.165) is 17.2 Å². The summed E-state index contributed by atoms with van der Waals surface area (Å²) in [4.78, 5) is 6.49. The predicted molar refractivity (Wildman–Crippen MR) is 79.2 cm³/mol. The van der Waals surface area contributed by atoms with Crippen molar-refractivity contribution in [2.24, 2.45) is 5.73 Å². The first kappa shape index (κ1) is 13.1. The molecule has 0 bridgehead atoms. The smallest absolute Gasteiger partial charge is 0.133 e. The zero-order valence-electron chi connectivity index (χ0n) is 11.4. The molecule has 0 saturated carbocycles. The second-order valence-corrected chi connectivity index (χ2v) is 4.67. The zero-order chi connectivity index (χ0) is 14.0. The van der Waals surface area contributed by atoms with E-state index in [4.69, 9.17) is 11.1 Å². The molecule has 1 heterocycles. The molecule has 0 aliphatic carbocycles. The third kappa shape index (κ3) is 2.91. The molecule has 0 atom stereocenters. The molecule has 19 heavy (non-hydrogen) atoms. The predicted octanol–water partition coefficient (Wildman–Crippen LogP) is 2.75. The monoisotopic (exact) mass is 254 g/mol. The number of rotatable bonds is 3. The Morgan fingerprint density at radius 3 is 2.58 bits per heavy atom. The quantitative estimate of drug-likeness (QED) is 0.654. The summed E-state index contributed by atoms with van der Waals surface area (Å²) in [7, 11) is 1.96. The van der Waals surface area contributed by atoms with E-state index in [2.05, 4.69) is 24.0 Å². The lowest BCUT2D eigenvalue weighted by Crippen LogP contribution is -2.16. The van der Waals surface area contributed by atoms with E-state index in [1.807, 2.05) is 43.1 Å². The topological polar surface area (TPSA) is 66.0 Å². The Labute approximate surface area is 113 Å². The molecule has 4 heteroatoms. The van der Waals surface area contributed by atoms with E-state index in [9.17, 15) is 0 Å². The molecule has 0 radical (unpaired) electrons. The van der Waals surface area contributed by atoms with E-state index in [0.29, 0.717) is 5.56 Å². The first-order valence-electron chi connectivity index (χ1n) is 6.11. The minimum atomic E-state index is 0.0596. The number of pyridine rings is 1. The Hall–Kier alpha value is -2.36. The van der Waals surface area contributed by atoms with Crippen molar-refractivity contribution >= 4 is 17.3 Å². The van der Waals surface area contributed by atoms with Crippen LogP contribution in [0.2, 0.25) is 0 Å². The number of nitrogen functional groups attached to an aromatic ring is 1. The van der Waals surface area contributed by atoms with Gasteiger partial charge in [0.05, 0.1) is 0 Å². The molecule has 1 aromatic heterocycles. The van der Waals surface area contributed by atoms with Crippen molar-refractivity contribution in [2.45, 2.75) is 13.8 Å². The fourth-order valence-corrected chi connectivity index (χ4v) is 1.95. The molecule has 0 fully saturated rings. The van der Waals surface area contributed by atoms with Crippen LogP contribution in [0.25, 0.3) is 0 Å². The van der Waals surface area contributed by atoms with Crippen molar-refractivity contribution in [3.05, 3.63) is 53.2 Å². The van der Waals surface area contributed by atoms with Crippen LogP contribution in [-0.2, 0) is 0 Å². The van der Waals surface area contributed by atoms with Crippen LogP contribution in [0.15, 0.2) is 36.4 Å². The van der Waals surface area contributed by atoms with Crippen molar-refractivity contribution in [3.8, 4) is 0 Å². The van der Waals surface area contributed by atoms with Gasteiger partial charge < -0.3 is 10.6 Å². The molecule has 0 aliphatic rings. The van der Waals surface area contributed by atoms with Gasteiger partial charge in [-0.05, 0) is 43.7 Å². The Morgan fingerprint density at radius 1 is 1.21 bits per heavy atom. The lowest BCUT2D eigenvalue weighted by Gasteiger charge is -2.20.